The molecule has 1 aliphatic rings. The number of rotatable bonds is 5. The van der Waals surface area contributed by atoms with Crippen LogP contribution >= 0.6 is 0 Å². The van der Waals surface area contributed by atoms with Crippen LogP contribution in [-0.2, 0) is 11.3 Å². The summed E-state index contributed by atoms with van der Waals surface area (Å²) in [5.41, 5.74) is 6.48. The van der Waals surface area contributed by atoms with Gasteiger partial charge >= 0.3 is 0 Å². The molecule has 1 amide bonds. The van der Waals surface area contributed by atoms with E-state index in [9.17, 15) is 4.79 Å². The molecule has 0 spiro atoms. The average molecular weight is 291 g/mol. The number of amides is 1. The highest BCUT2D eigenvalue weighted by Crippen LogP contribution is 2.38. The van der Waals surface area contributed by atoms with E-state index in [2.05, 4.69) is 17.2 Å². The van der Waals surface area contributed by atoms with Crippen LogP contribution in [0.4, 0.5) is 0 Å². The lowest BCUT2D eigenvalue weighted by molar-refractivity contribution is -0.133. The molecule has 0 aliphatic heterocycles. The van der Waals surface area contributed by atoms with E-state index < -0.39 is 0 Å². The summed E-state index contributed by atoms with van der Waals surface area (Å²) in [6, 6.07) is 3.70. The molecule has 1 aromatic rings. The minimum Gasteiger partial charge on any atom is -0.481 e. The monoisotopic (exact) mass is 291 g/mol. The Morgan fingerprint density at radius 1 is 1.48 bits per heavy atom. The van der Waals surface area contributed by atoms with Crippen LogP contribution in [0.3, 0.4) is 0 Å². The minimum atomic E-state index is -0.383. The van der Waals surface area contributed by atoms with Crippen LogP contribution in [-0.4, -0.2) is 24.5 Å². The summed E-state index contributed by atoms with van der Waals surface area (Å²) in [6.07, 6.45) is 5.65. The molecule has 5 nitrogen and oxygen atoms in total. The highest BCUT2D eigenvalue weighted by molar-refractivity contribution is 5.83. The quantitative estimate of drug-likeness (QED) is 0.868. The molecule has 5 heteroatoms. The predicted octanol–water partition coefficient (Wildman–Crippen LogP) is 1.86. The normalized spacial score (nSPS) is 25.4. The van der Waals surface area contributed by atoms with Crippen molar-refractivity contribution in [2.24, 2.45) is 17.1 Å². The Kier molecular flexibility index (Phi) is 5.17. The molecule has 1 saturated carbocycles. The Balaban J connectivity index is 1.93. The van der Waals surface area contributed by atoms with Crippen LogP contribution in [0, 0.1) is 11.3 Å². The Labute approximate surface area is 126 Å². The smallest absolute Gasteiger partial charge is 0.227 e. The van der Waals surface area contributed by atoms with E-state index >= 15 is 0 Å². The van der Waals surface area contributed by atoms with Crippen molar-refractivity contribution >= 4 is 5.91 Å². The summed E-state index contributed by atoms with van der Waals surface area (Å²) in [7, 11) is 1.58. The maximum absolute atomic E-state index is 12.5. The van der Waals surface area contributed by atoms with Gasteiger partial charge in [-0.15, -0.1) is 0 Å². The van der Waals surface area contributed by atoms with Gasteiger partial charge in [-0.05, 0) is 37.2 Å². The van der Waals surface area contributed by atoms with Crippen LogP contribution in [0.2, 0.25) is 0 Å². The van der Waals surface area contributed by atoms with E-state index in [-0.39, 0.29) is 11.3 Å². The van der Waals surface area contributed by atoms with E-state index in [1.807, 2.05) is 6.07 Å². The Morgan fingerprint density at radius 3 is 2.71 bits per heavy atom. The fourth-order valence-electron chi connectivity index (χ4n) is 2.84. The number of nitrogens with one attached hydrogen (secondary N) is 1. The number of nitrogens with zero attached hydrogens (tertiary/aromatic N) is 1. The molecule has 21 heavy (non-hydrogen) atoms. The zero-order valence-electron chi connectivity index (χ0n) is 12.9. The van der Waals surface area contributed by atoms with Crippen LogP contribution in [0.1, 0.15) is 38.2 Å². The van der Waals surface area contributed by atoms with Crippen LogP contribution in [0.15, 0.2) is 18.3 Å². The number of aromatic nitrogens is 1. The summed E-state index contributed by atoms with van der Waals surface area (Å²) in [6.45, 7) is 3.14. The minimum absolute atomic E-state index is 0.0766. The van der Waals surface area contributed by atoms with Gasteiger partial charge in [0.25, 0.3) is 0 Å². The molecule has 0 aromatic carbocycles. The fourth-order valence-corrected chi connectivity index (χ4v) is 2.84. The average Bonchev–Trinajstić information content (AvgIpc) is 2.54. The fraction of sp³-hybridized carbons (Fsp3) is 0.625. The van der Waals surface area contributed by atoms with Gasteiger partial charge in [0, 0.05) is 25.4 Å². The van der Waals surface area contributed by atoms with Crippen LogP contribution < -0.4 is 15.8 Å². The summed E-state index contributed by atoms with van der Waals surface area (Å²) in [4.78, 5) is 16.7. The largest absolute Gasteiger partial charge is 0.481 e. The molecular weight excluding hydrogens is 266 g/mol. The van der Waals surface area contributed by atoms with Gasteiger partial charge in [0.2, 0.25) is 11.8 Å². The zero-order chi connectivity index (χ0) is 15.3. The molecule has 0 radical (unpaired) electrons. The Morgan fingerprint density at radius 2 is 2.19 bits per heavy atom. The number of methoxy groups -OCH3 is 1. The first-order valence-corrected chi connectivity index (χ1v) is 7.57. The molecule has 116 valence electrons. The first kappa shape index (κ1) is 15.8. The highest BCUT2D eigenvalue weighted by atomic mass is 16.5. The zero-order valence-corrected chi connectivity index (χ0v) is 12.9. The highest BCUT2D eigenvalue weighted by Gasteiger charge is 2.39. The van der Waals surface area contributed by atoms with Crippen molar-refractivity contribution in [1.29, 1.82) is 0 Å². The van der Waals surface area contributed by atoms with Gasteiger partial charge in [-0.2, -0.15) is 0 Å². The molecular formula is C16H25N3O2. The third-order valence-corrected chi connectivity index (χ3v) is 4.56. The van der Waals surface area contributed by atoms with E-state index in [1.165, 1.54) is 0 Å². The predicted molar refractivity (Wildman–Crippen MR) is 81.8 cm³/mol. The van der Waals surface area contributed by atoms with E-state index in [0.717, 1.165) is 31.2 Å². The number of hydrogen-bond acceptors (Lipinski definition) is 4. The molecule has 0 atom stereocenters. The SMILES string of the molecule is COc1ccc(CNC(=O)C2(CN)CCC(C)CC2)cn1. The number of ether oxygens (including phenoxy) is 1. The van der Waals surface area contributed by atoms with Gasteiger partial charge in [0.15, 0.2) is 0 Å². The number of carbonyl (C=O) groups excluding carboxylic acids is 1. The summed E-state index contributed by atoms with van der Waals surface area (Å²) >= 11 is 0. The Hall–Kier alpha value is -1.62. The number of pyridine rings is 1. The maximum atomic E-state index is 12.5. The second-order valence-electron chi connectivity index (χ2n) is 6.06. The lowest BCUT2D eigenvalue weighted by Gasteiger charge is -2.37. The molecule has 0 unspecified atom stereocenters. The van der Waals surface area contributed by atoms with E-state index in [4.69, 9.17) is 10.5 Å². The molecule has 1 aromatic heterocycles. The van der Waals surface area contributed by atoms with Crippen molar-refractivity contribution in [1.82, 2.24) is 10.3 Å². The van der Waals surface area contributed by atoms with Crippen molar-refractivity contribution in [3.8, 4) is 5.88 Å². The van der Waals surface area contributed by atoms with Crippen LogP contribution in [0.25, 0.3) is 0 Å². The third-order valence-electron chi connectivity index (χ3n) is 4.56. The summed E-state index contributed by atoms with van der Waals surface area (Å²) in [5, 5.41) is 3.01. The second kappa shape index (κ2) is 6.89. The van der Waals surface area contributed by atoms with Gasteiger partial charge in [-0.1, -0.05) is 13.0 Å². The van der Waals surface area contributed by atoms with E-state index in [0.29, 0.717) is 24.9 Å². The van der Waals surface area contributed by atoms with Gasteiger partial charge in [-0.25, -0.2) is 4.98 Å². The first-order valence-electron chi connectivity index (χ1n) is 7.57. The summed E-state index contributed by atoms with van der Waals surface area (Å²) in [5.74, 6) is 1.35. The van der Waals surface area contributed by atoms with Crippen LogP contribution in [0.5, 0.6) is 5.88 Å². The molecule has 2 rings (SSSR count). The summed E-state index contributed by atoms with van der Waals surface area (Å²) < 4.78 is 5.02. The van der Waals surface area contributed by atoms with Crippen molar-refractivity contribution < 1.29 is 9.53 Å². The topological polar surface area (TPSA) is 77.2 Å². The molecule has 0 bridgehead atoms. The van der Waals surface area contributed by atoms with E-state index in [1.54, 1.807) is 19.4 Å². The van der Waals surface area contributed by atoms with Crippen molar-refractivity contribution in [3.63, 3.8) is 0 Å². The second-order valence-corrected chi connectivity index (χ2v) is 6.06. The number of nitrogens with two attached hydrogens (primary N) is 1. The van der Waals surface area contributed by atoms with Gasteiger partial charge in [0.1, 0.15) is 0 Å². The standard InChI is InChI=1S/C16H25N3O2/c1-12-5-7-16(11-17,8-6-12)15(20)19-10-13-3-4-14(21-2)18-9-13/h3-4,9,12H,5-8,10-11,17H2,1-2H3,(H,19,20). The molecule has 1 aliphatic carbocycles. The maximum Gasteiger partial charge on any atom is 0.227 e. The molecule has 1 heterocycles. The van der Waals surface area contributed by atoms with Crippen molar-refractivity contribution in [2.75, 3.05) is 13.7 Å². The molecule has 0 saturated heterocycles. The molecule has 1 fully saturated rings. The number of hydrogen-bond donors (Lipinski definition) is 2. The lowest BCUT2D eigenvalue weighted by atomic mass is 9.70. The van der Waals surface area contributed by atoms with Gasteiger partial charge < -0.3 is 15.8 Å². The number of carbonyl (C=O) groups is 1. The third kappa shape index (κ3) is 3.73. The van der Waals surface area contributed by atoms with Crippen molar-refractivity contribution in [2.45, 2.75) is 39.2 Å². The lowest BCUT2D eigenvalue weighted by Crippen LogP contribution is -2.47. The Bertz CT molecular complexity index is 465. The molecule has 3 N–H and O–H groups in total. The van der Waals surface area contributed by atoms with Gasteiger partial charge in [0.05, 0.1) is 12.5 Å². The van der Waals surface area contributed by atoms with Gasteiger partial charge in [-0.3, -0.25) is 4.79 Å². The van der Waals surface area contributed by atoms with Crippen molar-refractivity contribution in [3.05, 3.63) is 23.9 Å². The first-order chi connectivity index (χ1) is 10.1.